The Kier molecular flexibility index (Phi) is 6.18. The van der Waals surface area contributed by atoms with Crippen LogP contribution in [-0.2, 0) is 21.8 Å². The zero-order chi connectivity index (χ0) is 26.4. The zero-order valence-corrected chi connectivity index (χ0v) is 22.1. The summed E-state index contributed by atoms with van der Waals surface area (Å²) in [6.45, 7) is 7.71. The number of aryl methyl sites for hydroxylation is 1. The number of nitrogens with zero attached hydrogens (tertiary/aromatic N) is 6. The topological polar surface area (TPSA) is 103 Å². The molecule has 4 aromatic rings. The molecule has 1 aliphatic heterocycles. The Bertz CT molecular complexity index is 1540. The Morgan fingerprint density at radius 1 is 1.03 bits per heavy atom. The van der Waals surface area contributed by atoms with Crippen LogP contribution in [0, 0.1) is 0 Å². The third kappa shape index (κ3) is 4.78. The molecule has 0 unspecified atom stereocenters. The van der Waals surface area contributed by atoms with Crippen LogP contribution in [0.4, 0.5) is 10.5 Å². The number of pyridine rings is 1. The van der Waals surface area contributed by atoms with Crippen molar-refractivity contribution in [3.8, 4) is 11.3 Å². The van der Waals surface area contributed by atoms with Crippen LogP contribution in [0.1, 0.15) is 20.8 Å². The lowest BCUT2D eigenvalue weighted by molar-refractivity contribution is 0.0240. The predicted octanol–water partition coefficient (Wildman–Crippen LogP) is 3.73. The number of hydrogen-bond donors (Lipinski definition) is 0. The molecule has 10 nitrogen and oxygen atoms in total. The molecule has 1 amide bonds. The van der Waals surface area contributed by atoms with Crippen molar-refractivity contribution in [1.29, 1.82) is 0 Å². The highest BCUT2D eigenvalue weighted by Gasteiger charge is 2.30. The third-order valence-electron chi connectivity index (χ3n) is 6.19. The van der Waals surface area contributed by atoms with E-state index in [1.54, 1.807) is 65.6 Å². The maximum absolute atomic E-state index is 13.9. The van der Waals surface area contributed by atoms with Crippen molar-refractivity contribution >= 4 is 32.8 Å². The van der Waals surface area contributed by atoms with E-state index >= 15 is 0 Å². The first-order valence-corrected chi connectivity index (χ1v) is 13.5. The van der Waals surface area contributed by atoms with Crippen LogP contribution in [-0.4, -0.2) is 69.9 Å². The van der Waals surface area contributed by atoms with Crippen LogP contribution in [0.15, 0.2) is 66.0 Å². The summed E-state index contributed by atoms with van der Waals surface area (Å²) in [5.41, 5.74) is 1.80. The molecule has 0 bridgehead atoms. The van der Waals surface area contributed by atoms with Crippen molar-refractivity contribution < 1.29 is 17.9 Å². The van der Waals surface area contributed by atoms with E-state index in [1.807, 2.05) is 32.9 Å². The zero-order valence-electron chi connectivity index (χ0n) is 21.3. The smallest absolute Gasteiger partial charge is 0.410 e. The van der Waals surface area contributed by atoms with E-state index in [0.29, 0.717) is 48.5 Å². The van der Waals surface area contributed by atoms with Crippen molar-refractivity contribution in [2.75, 3.05) is 31.1 Å². The highest BCUT2D eigenvalue weighted by Crippen LogP contribution is 2.36. The predicted molar refractivity (Wildman–Crippen MR) is 141 cm³/mol. The molecule has 37 heavy (non-hydrogen) atoms. The number of carbonyl (C=O) groups is 1. The lowest BCUT2D eigenvalue weighted by Crippen LogP contribution is -2.50. The van der Waals surface area contributed by atoms with Gasteiger partial charge < -0.3 is 14.5 Å². The number of piperazine rings is 1. The molecule has 0 atom stereocenters. The van der Waals surface area contributed by atoms with Gasteiger partial charge in [-0.1, -0.05) is 18.2 Å². The fourth-order valence-corrected chi connectivity index (χ4v) is 5.99. The summed E-state index contributed by atoms with van der Waals surface area (Å²) in [4.78, 5) is 21.1. The van der Waals surface area contributed by atoms with Crippen LogP contribution in [0.3, 0.4) is 0 Å². The van der Waals surface area contributed by atoms with E-state index in [1.165, 1.54) is 3.97 Å². The molecular weight excluding hydrogens is 492 g/mol. The van der Waals surface area contributed by atoms with Crippen LogP contribution >= 0.6 is 0 Å². The summed E-state index contributed by atoms with van der Waals surface area (Å²) in [6.07, 6.45) is 4.72. The Morgan fingerprint density at radius 3 is 2.35 bits per heavy atom. The Labute approximate surface area is 216 Å². The van der Waals surface area contributed by atoms with Gasteiger partial charge in [0.15, 0.2) is 5.65 Å². The molecule has 0 radical (unpaired) electrons. The molecule has 0 spiro atoms. The van der Waals surface area contributed by atoms with Crippen molar-refractivity contribution in [1.82, 2.24) is 23.6 Å². The average molecular weight is 523 g/mol. The van der Waals surface area contributed by atoms with Gasteiger partial charge >= 0.3 is 6.09 Å². The second kappa shape index (κ2) is 9.22. The molecule has 0 aliphatic carbocycles. The number of anilines is 1. The lowest BCUT2D eigenvalue weighted by Gasteiger charge is -2.37. The van der Waals surface area contributed by atoms with Gasteiger partial charge in [-0.05, 0) is 45.0 Å². The Hall–Kier alpha value is -3.86. The molecule has 4 heterocycles. The minimum absolute atomic E-state index is 0.177. The summed E-state index contributed by atoms with van der Waals surface area (Å²) < 4.78 is 36.2. The number of aromatic nitrogens is 4. The molecule has 1 aliphatic rings. The van der Waals surface area contributed by atoms with Crippen molar-refractivity contribution in [3.05, 3.63) is 61.1 Å². The number of hydrogen-bond acceptors (Lipinski definition) is 7. The number of rotatable bonds is 4. The highest BCUT2D eigenvalue weighted by molar-refractivity contribution is 7.90. The molecule has 1 aromatic carbocycles. The first kappa shape index (κ1) is 24.8. The molecule has 3 aromatic heterocycles. The average Bonchev–Trinajstić information content (AvgIpc) is 3.47. The first-order valence-electron chi connectivity index (χ1n) is 12.1. The van der Waals surface area contributed by atoms with Gasteiger partial charge in [0.1, 0.15) is 5.60 Å². The normalized spacial score (nSPS) is 14.8. The molecule has 1 saturated heterocycles. The number of amides is 1. The van der Waals surface area contributed by atoms with Gasteiger partial charge in [0.25, 0.3) is 10.0 Å². The molecule has 5 rings (SSSR count). The van der Waals surface area contributed by atoms with E-state index in [4.69, 9.17) is 4.74 Å². The molecule has 1 fully saturated rings. The highest BCUT2D eigenvalue weighted by atomic mass is 32.2. The third-order valence-corrected chi connectivity index (χ3v) is 7.91. The second-order valence-corrected chi connectivity index (χ2v) is 11.8. The van der Waals surface area contributed by atoms with Gasteiger partial charge in [0.05, 0.1) is 16.8 Å². The van der Waals surface area contributed by atoms with E-state index in [9.17, 15) is 13.2 Å². The van der Waals surface area contributed by atoms with Crippen LogP contribution in [0.25, 0.3) is 22.3 Å². The lowest BCUT2D eigenvalue weighted by atomic mass is 10.2. The van der Waals surface area contributed by atoms with E-state index in [0.717, 1.165) is 5.69 Å². The summed E-state index contributed by atoms with van der Waals surface area (Å²) in [7, 11) is -2.16. The van der Waals surface area contributed by atoms with E-state index in [-0.39, 0.29) is 11.0 Å². The minimum atomic E-state index is -3.95. The Morgan fingerprint density at radius 2 is 1.73 bits per heavy atom. The van der Waals surface area contributed by atoms with Gasteiger partial charge in [-0.15, -0.1) is 0 Å². The van der Waals surface area contributed by atoms with Crippen LogP contribution in [0.5, 0.6) is 0 Å². The number of ether oxygens (including phenoxy) is 1. The first-order chi connectivity index (χ1) is 17.5. The van der Waals surface area contributed by atoms with Gasteiger partial charge in [-0.3, -0.25) is 4.68 Å². The number of carbonyl (C=O) groups excluding carboxylic acids is 1. The SMILES string of the molecule is Cn1cc(-c2cc3c(N4CCN(C(=O)OC(C)(C)C)CC4)ccnc3n2S(=O)(=O)c2ccccc2)cn1. The maximum Gasteiger partial charge on any atom is 0.410 e. The van der Waals surface area contributed by atoms with Gasteiger partial charge in [-0.2, -0.15) is 5.10 Å². The van der Waals surface area contributed by atoms with E-state index < -0.39 is 15.6 Å². The van der Waals surface area contributed by atoms with E-state index in [2.05, 4.69) is 15.0 Å². The minimum Gasteiger partial charge on any atom is -0.444 e. The summed E-state index contributed by atoms with van der Waals surface area (Å²) in [6, 6.07) is 12.1. The molecule has 194 valence electrons. The number of benzene rings is 1. The Balaban J connectivity index is 1.56. The fourth-order valence-electron chi connectivity index (χ4n) is 4.49. The second-order valence-electron chi connectivity index (χ2n) is 10.0. The molecule has 0 saturated carbocycles. The largest absolute Gasteiger partial charge is 0.444 e. The quantitative estimate of drug-likeness (QED) is 0.402. The van der Waals surface area contributed by atoms with Crippen LogP contribution in [0.2, 0.25) is 0 Å². The maximum atomic E-state index is 13.9. The van der Waals surface area contributed by atoms with Crippen molar-refractivity contribution in [3.63, 3.8) is 0 Å². The molecule has 11 heteroatoms. The summed E-state index contributed by atoms with van der Waals surface area (Å²) >= 11 is 0. The summed E-state index contributed by atoms with van der Waals surface area (Å²) in [5, 5.41) is 4.96. The fraction of sp³-hybridized carbons (Fsp3) is 0.346. The summed E-state index contributed by atoms with van der Waals surface area (Å²) in [5.74, 6) is 0. The monoisotopic (exact) mass is 522 g/mol. The van der Waals surface area contributed by atoms with Gasteiger partial charge in [0.2, 0.25) is 0 Å². The van der Waals surface area contributed by atoms with Gasteiger partial charge in [-0.25, -0.2) is 22.2 Å². The molecule has 0 N–H and O–H groups in total. The van der Waals surface area contributed by atoms with Crippen molar-refractivity contribution in [2.24, 2.45) is 7.05 Å². The van der Waals surface area contributed by atoms with Gasteiger partial charge in [0, 0.05) is 62.3 Å². The van der Waals surface area contributed by atoms with Crippen LogP contribution < -0.4 is 4.90 Å². The molecular formula is C26H30N6O4S. The standard InChI is InChI=1S/C26H30N6O4S/c1-26(2,3)36-25(33)31-14-12-30(13-15-31)22-10-11-27-24-21(22)16-23(19-17-28-29(4)18-19)32(24)37(34,35)20-8-6-5-7-9-20/h5-11,16-18H,12-15H2,1-4H3. The van der Waals surface area contributed by atoms with Crippen molar-refractivity contribution in [2.45, 2.75) is 31.3 Å². The number of fused-ring (bicyclic) bond motifs is 1.